The van der Waals surface area contributed by atoms with Gasteiger partial charge in [-0.05, 0) is 23.6 Å². The molecule has 1 fully saturated rings. The van der Waals surface area contributed by atoms with Gasteiger partial charge in [-0.1, -0.05) is 26.0 Å². The molecule has 0 unspecified atom stereocenters. The van der Waals surface area contributed by atoms with E-state index in [1.807, 2.05) is 13.8 Å². The van der Waals surface area contributed by atoms with Gasteiger partial charge in [0.15, 0.2) is 0 Å². The Morgan fingerprint density at radius 1 is 1.11 bits per heavy atom. The Morgan fingerprint density at radius 2 is 1.74 bits per heavy atom. The predicted octanol–water partition coefficient (Wildman–Crippen LogP) is 0.574. The number of aromatic hydroxyl groups is 1. The molecule has 0 spiro atoms. The molecule has 19 heavy (non-hydrogen) atoms. The first-order valence-electron chi connectivity index (χ1n) is 6.36. The third-order valence-electron chi connectivity index (χ3n) is 3.26. The van der Waals surface area contributed by atoms with Crippen molar-refractivity contribution in [3.63, 3.8) is 0 Å². The normalized spacial score (nSPS) is 23.1. The van der Waals surface area contributed by atoms with E-state index in [-0.39, 0.29) is 23.5 Å². The van der Waals surface area contributed by atoms with E-state index in [1.165, 1.54) is 0 Å². The lowest BCUT2D eigenvalue weighted by molar-refractivity contribution is -0.137. The minimum absolute atomic E-state index is 0.0681. The first-order valence-corrected chi connectivity index (χ1v) is 6.36. The van der Waals surface area contributed by atoms with E-state index in [4.69, 9.17) is 0 Å². The van der Waals surface area contributed by atoms with Crippen molar-refractivity contribution in [2.45, 2.75) is 32.4 Å². The Morgan fingerprint density at radius 3 is 2.32 bits per heavy atom. The largest absolute Gasteiger partial charge is 0.508 e. The molecule has 2 atom stereocenters. The fraction of sp³-hybridized carbons (Fsp3) is 0.429. The van der Waals surface area contributed by atoms with Gasteiger partial charge in [-0.15, -0.1) is 0 Å². The van der Waals surface area contributed by atoms with E-state index in [0.29, 0.717) is 6.42 Å². The molecule has 1 heterocycles. The van der Waals surface area contributed by atoms with Crippen LogP contribution in [0.2, 0.25) is 0 Å². The van der Waals surface area contributed by atoms with E-state index in [0.717, 1.165) is 5.56 Å². The van der Waals surface area contributed by atoms with Crippen molar-refractivity contribution in [1.82, 2.24) is 10.6 Å². The maximum Gasteiger partial charge on any atom is 0.243 e. The number of nitrogens with one attached hydrogen (secondary N) is 2. The van der Waals surface area contributed by atoms with Crippen molar-refractivity contribution >= 4 is 11.8 Å². The number of hydrogen-bond acceptors (Lipinski definition) is 3. The van der Waals surface area contributed by atoms with E-state index < -0.39 is 12.1 Å². The molecule has 1 aromatic rings. The second kappa shape index (κ2) is 5.30. The molecule has 1 aliphatic rings. The number of carbonyl (C=O) groups excluding carboxylic acids is 2. The number of phenols is 1. The summed E-state index contributed by atoms with van der Waals surface area (Å²) in [5.41, 5.74) is 0.890. The van der Waals surface area contributed by atoms with Crippen LogP contribution in [0.5, 0.6) is 5.75 Å². The minimum Gasteiger partial charge on any atom is -0.508 e. The summed E-state index contributed by atoms with van der Waals surface area (Å²) < 4.78 is 0. The van der Waals surface area contributed by atoms with Crippen LogP contribution in [0.3, 0.4) is 0 Å². The molecule has 0 radical (unpaired) electrons. The molecule has 0 aromatic heterocycles. The van der Waals surface area contributed by atoms with Crippen LogP contribution in [0.1, 0.15) is 19.4 Å². The molecule has 2 rings (SSSR count). The molecule has 1 saturated heterocycles. The number of piperazine rings is 1. The van der Waals surface area contributed by atoms with E-state index >= 15 is 0 Å². The lowest BCUT2D eigenvalue weighted by Crippen LogP contribution is -2.63. The average Bonchev–Trinajstić information content (AvgIpc) is 2.35. The first kappa shape index (κ1) is 13.4. The number of benzene rings is 1. The highest BCUT2D eigenvalue weighted by molar-refractivity contribution is 5.97. The Hall–Kier alpha value is -2.04. The zero-order valence-corrected chi connectivity index (χ0v) is 11.0. The van der Waals surface area contributed by atoms with Crippen LogP contribution in [0.25, 0.3) is 0 Å². The van der Waals surface area contributed by atoms with Crippen LogP contribution in [0.4, 0.5) is 0 Å². The highest BCUT2D eigenvalue weighted by atomic mass is 16.3. The van der Waals surface area contributed by atoms with E-state index in [9.17, 15) is 14.7 Å². The molecular formula is C14H18N2O3. The maximum atomic E-state index is 12.0. The van der Waals surface area contributed by atoms with Crippen LogP contribution in [-0.4, -0.2) is 29.0 Å². The predicted molar refractivity (Wildman–Crippen MR) is 70.5 cm³/mol. The van der Waals surface area contributed by atoms with E-state index in [1.54, 1.807) is 24.3 Å². The second-order valence-corrected chi connectivity index (χ2v) is 5.16. The van der Waals surface area contributed by atoms with Crippen molar-refractivity contribution in [2.75, 3.05) is 0 Å². The molecule has 0 bridgehead atoms. The van der Waals surface area contributed by atoms with Gasteiger partial charge in [0.1, 0.15) is 17.8 Å². The van der Waals surface area contributed by atoms with Gasteiger partial charge in [0.25, 0.3) is 0 Å². The number of carbonyl (C=O) groups is 2. The lowest BCUT2D eigenvalue weighted by Gasteiger charge is -2.31. The van der Waals surface area contributed by atoms with Gasteiger partial charge in [-0.2, -0.15) is 0 Å². The van der Waals surface area contributed by atoms with Crippen molar-refractivity contribution in [1.29, 1.82) is 0 Å². The van der Waals surface area contributed by atoms with Crippen LogP contribution in [0, 0.1) is 5.92 Å². The summed E-state index contributed by atoms with van der Waals surface area (Å²) >= 11 is 0. The summed E-state index contributed by atoms with van der Waals surface area (Å²) in [4.78, 5) is 23.8. The Bertz CT molecular complexity index is 482. The molecule has 3 N–H and O–H groups in total. The van der Waals surface area contributed by atoms with Crippen LogP contribution >= 0.6 is 0 Å². The molecule has 0 aliphatic carbocycles. The fourth-order valence-corrected chi connectivity index (χ4v) is 2.13. The molecular weight excluding hydrogens is 244 g/mol. The summed E-state index contributed by atoms with van der Waals surface area (Å²) in [6, 6.07) is 5.60. The van der Waals surface area contributed by atoms with Gasteiger partial charge < -0.3 is 15.7 Å². The molecule has 1 aliphatic heterocycles. The van der Waals surface area contributed by atoms with Crippen LogP contribution in [-0.2, 0) is 16.0 Å². The minimum atomic E-state index is -0.549. The topological polar surface area (TPSA) is 78.4 Å². The van der Waals surface area contributed by atoms with Crippen molar-refractivity contribution in [3.05, 3.63) is 29.8 Å². The summed E-state index contributed by atoms with van der Waals surface area (Å²) in [7, 11) is 0. The SMILES string of the molecule is CC(C)[C@H]1NC(=O)[C@H](Cc2ccc(O)cc2)NC1=O. The van der Waals surface area contributed by atoms with Crippen molar-refractivity contribution < 1.29 is 14.7 Å². The standard InChI is InChI=1S/C14H18N2O3/c1-8(2)12-14(19)15-11(13(18)16-12)7-9-3-5-10(17)6-4-9/h3-6,8,11-12,17H,7H2,1-2H3,(H,15,19)(H,16,18)/t11-,12+/m0/s1. The number of rotatable bonds is 3. The second-order valence-electron chi connectivity index (χ2n) is 5.16. The fourth-order valence-electron chi connectivity index (χ4n) is 2.13. The molecule has 5 heteroatoms. The number of amides is 2. The quantitative estimate of drug-likeness (QED) is 0.745. The molecule has 0 saturated carbocycles. The Balaban J connectivity index is 2.04. The van der Waals surface area contributed by atoms with Gasteiger partial charge in [0.05, 0.1) is 0 Å². The molecule has 102 valence electrons. The summed E-state index contributed by atoms with van der Waals surface area (Å²) in [5, 5.41) is 14.7. The maximum absolute atomic E-state index is 12.0. The van der Waals surface area contributed by atoms with Gasteiger partial charge in [-0.3, -0.25) is 9.59 Å². The number of hydrogen-bond donors (Lipinski definition) is 3. The van der Waals surface area contributed by atoms with Gasteiger partial charge in [-0.25, -0.2) is 0 Å². The highest BCUT2D eigenvalue weighted by Gasteiger charge is 2.34. The summed E-state index contributed by atoms with van der Waals surface area (Å²) in [5.74, 6) is -0.0518. The zero-order chi connectivity index (χ0) is 14.0. The van der Waals surface area contributed by atoms with Crippen LogP contribution in [0.15, 0.2) is 24.3 Å². The van der Waals surface area contributed by atoms with Gasteiger partial charge in [0, 0.05) is 6.42 Å². The average molecular weight is 262 g/mol. The van der Waals surface area contributed by atoms with Crippen molar-refractivity contribution in [3.8, 4) is 5.75 Å². The van der Waals surface area contributed by atoms with E-state index in [2.05, 4.69) is 10.6 Å². The Labute approximate surface area is 112 Å². The van der Waals surface area contributed by atoms with Gasteiger partial charge in [0.2, 0.25) is 11.8 Å². The lowest BCUT2D eigenvalue weighted by atomic mass is 9.97. The van der Waals surface area contributed by atoms with Gasteiger partial charge >= 0.3 is 0 Å². The third kappa shape index (κ3) is 3.05. The molecule has 2 amide bonds. The van der Waals surface area contributed by atoms with Crippen LogP contribution < -0.4 is 10.6 Å². The summed E-state index contributed by atoms with van der Waals surface area (Å²) in [6.45, 7) is 3.79. The molecule has 1 aromatic carbocycles. The highest BCUT2D eigenvalue weighted by Crippen LogP contribution is 2.14. The number of phenolic OH excluding ortho intramolecular Hbond substituents is 1. The summed E-state index contributed by atoms with van der Waals surface area (Å²) in [6.07, 6.45) is 0.419. The smallest absolute Gasteiger partial charge is 0.243 e. The van der Waals surface area contributed by atoms with Crippen molar-refractivity contribution in [2.24, 2.45) is 5.92 Å². The first-order chi connectivity index (χ1) is 8.97. The molecule has 5 nitrogen and oxygen atoms in total. The third-order valence-corrected chi connectivity index (χ3v) is 3.26. The monoisotopic (exact) mass is 262 g/mol. The Kier molecular flexibility index (Phi) is 3.74. The zero-order valence-electron chi connectivity index (χ0n) is 11.0.